The zero-order valence-electron chi connectivity index (χ0n) is 15.7. The van der Waals surface area contributed by atoms with Gasteiger partial charge in [0.05, 0.1) is 0 Å². The lowest BCUT2D eigenvalue weighted by molar-refractivity contribution is 0.640. The van der Waals surface area contributed by atoms with Crippen molar-refractivity contribution < 1.29 is 0 Å². The van der Waals surface area contributed by atoms with E-state index in [1.165, 1.54) is 74.4 Å². The normalized spacial score (nSPS) is 18.2. The first-order chi connectivity index (χ1) is 12.1. The molecule has 2 heteroatoms. The Morgan fingerprint density at radius 1 is 0.560 bits per heavy atom. The minimum Gasteiger partial charge on any atom is -0.372 e. The molecule has 2 aliphatic rings. The van der Waals surface area contributed by atoms with Crippen LogP contribution in [0, 0.1) is 0 Å². The zero-order valence-corrected chi connectivity index (χ0v) is 15.7. The summed E-state index contributed by atoms with van der Waals surface area (Å²) in [4.78, 5) is 5.00. The smallest absolute Gasteiger partial charge is 0.0366 e. The monoisotopic (exact) mass is 334 g/mol. The Bertz CT molecular complexity index is 626. The second kappa shape index (κ2) is 6.74. The molecule has 2 fully saturated rings. The molecule has 2 heterocycles. The number of nitrogens with zero attached hydrogens (tertiary/aromatic N) is 2. The lowest BCUT2D eigenvalue weighted by Gasteiger charge is -2.28. The van der Waals surface area contributed by atoms with Crippen molar-refractivity contribution in [3.63, 3.8) is 0 Å². The maximum atomic E-state index is 2.50. The summed E-state index contributed by atoms with van der Waals surface area (Å²) in [5, 5.41) is 0. The van der Waals surface area contributed by atoms with Crippen LogP contribution in [0.3, 0.4) is 0 Å². The van der Waals surface area contributed by atoms with E-state index in [4.69, 9.17) is 0 Å². The van der Waals surface area contributed by atoms with Crippen molar-refractivity contribution in [2.75, 3.05) is 36.0 Å². The van der Waals surface area contributed by atoms with Crippen molar-refractivity contribution >= 4 is 11.4 Å². The van der Waals surface area contributed by atoms with Crippen LogP contribution in [0.25, 0.3) is 0 Å². The molecule has 2 aromatic carbocycles. The highest BCUT2D eigenvalue weighted by Gasteiger charge is 2.24. The molecule has 2 saturated heterocycles. The largest absolute Gasteiger partial charge is 0.372 e. The van der Waals surface area contributed by atoms with Gasteiger partial charge in [-0.15, -0.1) is 0 Å². The van der Waals surface area contributed by atoms with E-state index in [1.807, 2.05) is 0 Å². The van der Waals surface area contributed by atoms with Gasteiger partial charge in [-0.25, -0.2) is 0 Å². The van der Waals surface area contributed by atoms with Crippen LogP contribution in [-0.2, 0) is 5.41 Å². The summed E-state index contributed by atoms with van der Waals surface area (Å²) < 4.78 is 0. The van der Waals surface area contributed by atoms with Crippen LogP contribution in [0.1, 0.15) is 50.7 Å². The molecular formula is C23H30N2. The highest BCUT2D eigenvalue weighted by Crippen LogP contribution is 2.34. The maximum Gasteiger partial charge on any atom is 0.0366 e. The average Bonchev–Trinajstić information content (AvgIpc) is 3.36. The first-order valence-electron chi connectivity index (χ1n) is 9.85. The van der Waals surface area contributed by atoms with Crippen molar-refractivity contribution in [1.29, 1.82) is 0 Å². The Labute approximate surface area is 152 Å². The van der Waals surface area contributed by atoms with Gasteiger partial charge in [-0.05, 0) is 61.1 Å². The van der Waals surface area contributed by atoms with Crippen LogP contribution in [0.4, 0.5) is 11.4 Å². The Hall–Kier alpha value is -1.96. The maximum absolute atomic E-state index is 2.50. The molecule has 2 aromatic rings. The van der Waals surface area contributed by atoms with Gasteiger partial charge in [-0.2, -0.15) is 0 Å². The third-order valence-electron chi connectivity index (χ3n) is 6.12. The molecule has 0 radical (unpaired) electrons. The van der Waals surface area contributed by atoms with Crippen LogP contribution < -0.4 is 9.80 Å². The van der Waals surface area contributed by atoms with E-state index in [1.54, 1.807) is 0 Å². The van der Waals surface area contributed by atoms with Gasteiger partial charge in [-0.3, -0.25) is 0 Å². The first-order valence-corrected chi connectivity index (χ1v) is 9.85. The fraction of sp³-hybridized carbons (Fsp3) is 0.478. The van der Waals surface area contributed by atoms with Crippen LogP contribution in [-0.4, -0.2) is 26.2 Å². The number of benzene rings is 2. The lowest BCUT2D eigenvalue weighted by Crippen LogP contribution is -2.21. The third-order valence-corrected chi connectivity index (χ3v) is 6.12. The summed E-state index contributed by atoms with van der Waals surface area (Å²) in [6, 6.07) is 18.5. The quantitative estimate of drug-likeness (QED) is 0.757. The molecule has 0 saturated carbocycles. The van der Waals surface area contributed by atoms with Gasteiger partial charge in [0.15, 0.2) is 0 Å². The second-order valence-corrected chi connectivity index (χ2v) is 8.11. The Morgan fingerprint density at radius 3 is 1.20 bits per heavy atom. The fourth-order valence-corrected chi connectivity index (χ4v) is 4.30. The fourth-order valence-electron chi connectivity index (χ4n) is 4.30. The van der Waals surface area contributed by atoms with E-state index in [0.29, 0.717) is 0 Å². The van der Waals surface area contributed by atoms with Crippen LogP contribution >= 0.6 is 0 Å². The lowest BCUT2D eigenvalue weighted by atomic mass is 9.78. The highest BCUT2D eigenvalue weighted by molar-refractivity contribution is 5.53. The summed E-state index contributed by atoms with van der Waals surface area (Å²) >= 11 is 0. The summed E-state index contributed by atoms with van der Waals surface area (Å²) in [6.45, 7) is 9.51. The predicted molar refractivity (Wildman–Crippen MR) is 108 cm³/mol. The van der Waals surface area contributed by atoms with Crippen LogP contribution in [0.15, 0.2) is 48.5 Å². The molecule has 0 aliphatic carbocycles. The summed E-state index contributed by atoms with van der Waals surface area (Å²) in [6.07, 6.45) is 5.32. The SMILES string of the molecule is CC(C)(c1ccc(N2CCCC2)cc1)c1ccc(N2CCCC2)cc1. The van der Waals surface area contributed by atoms with Crippen molar-refractivity contribution in [3.8, 4) is 0 Å². The molecule has 132 valence electrons. The van der Waals surface area contributed by atoms with Crippen molar-refractivity contribution in [3.05, 3.63) is 59.7 Å². The van der Waals surface area contributed by atoms with E-state index in [0.717, 1.165) is 0 Å². The molecule has 0 bridgehead atoms. The van der Waals surface area contributed by atoms with Crippen molar-refractivity contribution in [1.82, 2.24) is 0 Å². The Balaban J connectivity index is 1.53. The minimum absolute atomic E-state index is 0.0348. The summed E-state index contributed by atoms with van der Waals surface area (Å²) in [7, 11) is 0. The topological polar surface area (TPSA) is 6.48 Å². The standard InChI is InChI=1S/C23H30N2/c1-23(2,19-7-11-21(12-8-19)24-15-3-4-16-24)20-9-13-22(14-10-20)25-17-5-6-18-25/h7-14H,3-6,15-18H2,1-2H3. The predicted octanol–water partition coefficient (Wildman–Crippen LogP) is 5.21. The Kier molecular flexibility index (Phi) is 4.45. The van der Waals surface area contributed by atoms with Crippen molar-refractivity contribution in [2.24, 2.45) is 0 Å². The number of hydrogen-bond acceptors (Lipinski definition) is 2. The van der Waals surface area contributed by atoms with Gasteiger partial charge in [0.1, 0.15) is 0 Å². The number of hydrogen-bond donors (Lipinski definition) is 0. The molecule has 0 spiro atoms. The first kappa shape index (κ1) is 16.5. The number of anilines is 2. The molecular weight excluding hydrogens is 304 g/mol. The Morgan fingerprint density at radius 2 is 0.880 bits per heavy atom. The third kappa shape index (κ3) is 3.27. The van der Waals surface area contributed by atoms with Gasteiger partial charge in [0.25, 0.3) is 0 Å². The molecule has 0 N–H and O–H groups in total. The molecule has 0 atom stereocenters. The minimum atomic E-state index is 0.0348. The van der Waals surface area contributed by atoms with Gasteiger partial charge in [0, 0.05) is 43.0 Å². The van der Waals surface area contributed by atoms with E-state index in [9.17, 15) is 0 Å². The zero-order chi connectivity index (χ0) is 17.3. The highest BCUT2D eigenvalue weighted by atomic mass is 15.1. The molecule has 2 aliphatic heterocycles. The van der Waals surface area contributed by atoms with E-state index < -0.39 is 0 Å². The summed E-state index contributed by atoms with van der Waals surface area (Å²) in [5.41, 5.74) is 5.57. The molecule has 0 unspecified atom stereocenters. The summed E-state index contributed by atoms with van der Waals surface area (Å²) in [5.74, 6) is 0. The molecule has 0 aromatic heterocycles. The van der Waals surface area contributed by atoms with Gasteiger partial charge < -0.3 is 9.80 Å². The van der Waals surface area contributed by atoms with Crippen LogP contribution in [0.5, 0.6) is 0 Å². The van der Waals surface area contributed by atoms with E-state index in [2.05, 4.69) is 72.2 Å². The molecule has 2 nitrogen and oxygen atoms in total. The average molecular weight is 335 g/mol. The molecule has 4 rings (SSSR count). The second-order valence-electron chi connectivity index (χ2n) is 8.11. The van der Waals surface area contributed by atoms with E-state index >= 15 is 0 Å². The number of rotatable bonds is 4. The van der Waals surface area contributed by atoms with Crippen molar-refractivity contribution in [2.45, 2.75) is 44.9 Å². The van der Waals surface area contributed by atoms with Gasteiger partial charge in [0.2, 0.25) is 0 Å². The van der Waals surface area contributed by atoms with Gasteiger partial charge in [-0.1, -0.05) is 38.1 Å². The van der Waals surface area contributed by atoms with Gasteiger partial charge >= 0.3 is 0 Å². The molecule has 0 amide bonds. The van der Waals surface area contributed by atoms with Crippen LogP contribution in [0.2, 0.25) is 0 Å². The van der Waals surface area contributed by atoms with E-state index in [-0.39, 0.29) is 5.41 Å². The molecule has 25 heavy (non-hydrogen) atoms.